The molecule has 124 valence electrons. The standard InChI is InChI=1S/C18H24N2O3/c1-13-12-19(18(22)11-15-7-9-23-10-8-15)16-5-3-4-6-17(16)20(13)14(2)21/h3-6,13,15H,7-12H2,1-2H3. The molecule has 0 aromatic heterocycles. The van der Waals surface area contributed by atoms with Gasteiger partial charge in [0.1, 0.15) is 0 Å². The number of rotatable bonds is 2. The van der Waals surface area contributed by atoms with Gasteiger partial charge in [0, 0.05) is 33.1 Å². The quantitative estimate of drug-likeness (QED) is 0.842. The SMILES string of the molecule is CC(=O)N1c2ccccc2N(C(=O)CC2CCOCC2)CC1C. The zero-order valence-electron chi connectivity index (χ0n) is 13.8. The van der Waals surface area contributed by atoms with Crippen LogP contribution in [0.5, 0.6) is 0 Å². The summed E-state index contributed by atoms with van der Waals surface area (Å²) in [6.07, 6.45) is 2.47. The maximum atomic E-state index is 12.8. The van der Waals surface area contributed by atoms with Gasteiger partial charge in [-0.3, -0.25) is 9.59 Å². The zero-order valence-corrected chi connectivity index (χ0v) is 13.8. The molecular formula is C18H24N2O3. The van der Waals surface area contributed by atoms with Gasteiger partial charge in [-0.2, -0.15) is 0 Å². The van der Waals surface area contributed by atoms with Crippen molar-refractivity contribution in [3.8, 4) is 0 Å². The molecule has 1 aromatic carbocycles. The summed E-state index contributed by atoms with van der Waals surface area (Å²) < 4.78 is 5.37. The molecular weight excluding hydrogens is 292 g/mol. The molecule has 1 atom stereocenters. The van der Waals surface area contributed by atoms with E-state index in [1.54, 1.807) is 11.8 Å². The van der Waals surface area contributed by atoms with Crippen molar-refractivity contribution >= 4 is 23.2 Å². The molecule has 2 amide bonds. The van der Waals surface area contributed by atoms with Gasteiger partial charge in [-0.15, -0.1) is 0 Å². The average molecular weight is 316 g/mol. The van der Waals surface area contributed by atoms with Crippen LogP contribution in [0.15, 0.2) is 24.3 Å². The largest absolute Gasteiger partial charge is 0.381 e. The van der Waals surface area contributed by atoms with Crippen LogP contribution in [0.1, 0.15) is 33.1 Å². The van der Waals surface area contributed by atoms with E-state index in [2.05, 4.69) is 0 Å². The monoisotopic (exact) mass is 316 g/mol. The van der Waals surface area contributed by atoms with Gasteiger partial charge in [0.25, 0.3) is 0 Å². The molecule has 0 N–H and O–H groups in total. The number of hydrogen-bond donors (Lipinski definition) is 0. The summed E-state index contributed by atoms with van der Waals surface area (Å²) in [5.41, 5.74) is 1.68. The number of carbonyl (C=O) groups excluding carboxylic acids is 2. The molecule has 0 bridgehead atoms. The van der Waals surface area contributed by atoms with E-state index in [4.69, 9.17) is 4.74 Å². The Labute approximate surface area is 137 Å². The molecule has 5 heteroatoms. The van der Waals surface area contributed by atoms with Crippen LogP contribution >= 0.6 is 0 Å². The van der Waals surface area contributed by atoms with Crippen LogP contribution in [-0.4, -0.2) is 37.6 Å². The predicted octanol–water partition coefficient (Wildman–Crippen LogP) is 2.59. The first-order chi connectivity index (χ1) is 11.1. The minimum atomic E-state index is -0.0129. The van der Waals surface area contributed by atoms with Crippen molar-refractivity contribution in [3.63, 3.8) is 0 Å². The third kappa shape index (κ3) is 3.24. The van der Waals surface area contributed by atoms with E-state index in [9.17, 15) is 9.59 Å². The number of benzene rings is 1. The molecule has 3 rings (SSSR count). The van der Waals surface area contributed by atoms with Crippen LogP contribution in [-0.2, 0) is 14.3 Å². The summed E-state index contributed by atoms with van der Waals surface area (Å²) in [6, 6.07) is 7.66. The molecule has 5 nitrogen and oxygen atoms in total. The maximum absolute atomic E-state index is 12.8. The highest BCUT2D eigenvalue weighted by Gasteiger charge is 2.33. The number of fused-ring (bicyclic) bond motifs is 1. The maximum Gasteiger partial charge on any atom is 0.227 e. The molecule has 0 saturated carbocycles. The number of carbonyl (C=O) groups is 2. The normalized spacial score (nSPS) is 21.9. The lowest BCUT2D eigenvalue weighted by molar-refractivity contribution is -0.121. The van der Waals surface area contributed by atoms with Crippen LogP contribution in [0, 0.1) is 5.92 Å². The zero-order chi connectivity index (χ0) is 16.4. The molecule has 1 fully saturated rings. The number of ether oxygens (including phenoxy) is 1. The fourth-order valence-corrected chi connectivity index (χ4v) is 3.60. The number of hydrogen-bond acceptors (Lipinski definition) is 3. The van der Waals surface area contributed by atoms with Crippen molar-refractivity contribution in [1.82, 2.24) is 0 Å². The highest BCUT2D eigenvalue weighted by molar-refractivity contribution is 6.03. The predicted molar refractivity (Wildman–Crippen MR) is 89.6 cm³/mol. The van der Waals surface area contributed by atoms with E-state index in [-0.39, 0.29) is 17.9 Å². The van der Waals surface area contributed by atoms with E-state index < -0.39 is 0 Å². The third-order valence-electron chi connectivity index (χ3n) is 4.76. The van der Waals surface area contributed by atoms with E-state index in [1.165, 1.54) is 0 Å². The van der Waals surface area contributed by atoms with Gasteiger partial charge < -0.3 is 14.5 Å². The lowest BCUT2D eigenvalue weighted by Crippen LogP contribution is -2.51. The lowest BCUT2D eigenvalue weighted by atomic mass is 9.95. The van der Waals surface area contributed by atoms with Crippen LogP contribution in [0.3, 0.4) is 0 Å². The Bertz CT molecular complexity index is 596. The van der Waals surface area contributed by atoms with Crippen LogP contribution in [0.25, 0.3) is 0 Å². The van der Waals surface area contributed by atoms with Crippen molar-refractivity contribution in [3.05, 3.63) is 24.3 Å². The second kappa shape index (κ2) is 6.71. The van der Waals surface area contributed by atoms with Crippen molar-refractivity contribution in [2.24, 2.45) is 5.92 Å². The Balaban J connectivity index is 1.83. The molecule has 2 heterocycles. The van der Waals surface area contributed by atoms with Gasteiger partial charge in [-0.05, 0) is 37.8 Å². The third-order valence-corrected chi connectivity index (χ3v) is 4.76. The second-order valence-corrected chi connectivity index (χ2v) is 6.49. The Hall–Kier alpha value is -1.88. The smallest absolute Gasteiger partial charge is 0.227 e. The summed E-state index contributed by atoms with van der Waals surface area (Å²) in [4.78, 5) is 28.4. The van der Waals surface area contributed by atoms with Gasteiger partial charge in [-0.25, -0.2) is 0 Å². The number of para-hydroxylation sites is 2. The Morgan fingerprint density at radius 1 is 1.17 bits per heavy atom. The molecule has 1 unspecified atom stereocenters. The Morgan fingerprint density at radius 3 is 2.48 bits per heavy atom. The summed E-state index contributed by atoms with van der Waals surface area (Å²) in [7, 11) is 0. The summed E-state index contributed by atoms with van der Waals surface area (Å²) in [5, 5.41) is 0. The Morgan fingerprint density at radius 2 is 1.83 bits per heavy atom. The molecule has 23 heavy (non-hydrogen) atoms. The molecule has 0 aliphatic carbocycles. The highest BCUT2D eigenvalue weighted by Crippen LogP contribution is 2.36. The molecule has 0 radical (unpaired) electrons. The topological polar surface area (TPSA) is 49.9 Å². The first-order valence-electron chi connectivity index (χ1n) is 8.35. The van der Waals surface area contributed by atoms with E-state index in [0.29, 0.717) is 18.9 Å². The highest BCUT2D eigenvalue weighted by atomic mass is 16.5. The second-order valence-electron chi connectivity index (χ2n) is 6.49. The van der Waals surface area contributed by atoms with E-state index in [1.807, 2.05) is 36.1 Å². The molecule has 1 aromatic rings. The summed E-state index contributed by atoms with van der Waals surface area (Å²) in [6.45, 7) is 5.63. The van der Waals surface area contributed by atoms with Crippen molar-refractivity contribution in [1.29, 1.82) is 0 Å². The van der Waals surface area contributed by atoms with Crippen molar-refractivity contribution < 1.29 is 14.3 Å². The van der Waals surface area contributed by atoms with Gasteiger partial charge in [0.05, 0.1) is 17.4 Å². The summed E-state index contributed by atoms with van der Waals surface area (Å²) >= 11 is 0. The van der Waals surface area contributed by atoms with E-state index >= 15 is 0 Å². The minimum Gasteiger partial charge on any atom is -0.381 e. The van der Waals surface area contributed by atoms with Crippen molar-refractivity contribution in [2.75, 3.05) is 29.6 Å². The fourth-order valence-electron chi connectivity index (χ4n) is 3.60. The summed E-state index contributed by atoms with van der Waals surface area (Å²) in [5.74, 6) is 0.574. The van der Waals surface area contributed by atoms with Crippen LogP contribution < -0.4 is 9.80 Å². The molecule has 0 spiro atoms. The minimum absolute atomic E-state index is 0.0129. The van der Waals surface area contributed by atoms with E-state index in [0.717, 1.165) is 37.4 Å². The first-order valence-corrected chi connectivity index (χ1v) is 8.35. The van der Waals surface area contributed by atoms with Gasteiger partial charge >= 0.3 is 0 Å². The number of nitrogens with zero attached hydrogens (tertiary/aromatic N) is 2. The first kappa shape index (κ1) is 16.0. The average Bonchev–Trinajstić information content (AvgIpc) is 2.54. The van der Waals surface area contributed by atoms with Crippen molar-refractivity contribution in [2.45, 2.75) is 39.2 Å². The van der Waals surface area contributed by atoms with Gasteiger partial charge in [-0.1, -0.05) is 12.1 Å². The van der Waals surface area contributed by atoms with Gasteiger partial charge in [0.15, 0.2) is 0 Å². The molecule has 1 saturated heterocycles. The fraction of sp³-hybridized carbons (Fsp3) is 0.556. The number of amides is 2. The van der Waals surface area contributed by atoms with Crippen LogP contribution in [0.4, 0.5) is 11.4 Å². The molecule has 2 aliphatic heterocycles. The van der Waals surface area contributed by atoms with Gasteiger partial charge in [0.2, 0.25) is 11.8 Å². The lowest BCUT2D eigenvalue weighted by Gasteiger charge is -2.41. The number of anilines is 2. The molecule has 2 aliphatic rings. The Kier molecular flexibility index (Phi) is 4.66. The van der Waals surface area contributed by atoms with Crippen LogP contribution in [0.2, 0.25) is 0 Å².